The lowest BCUT2D eigenvalue weighted by Crippen LogP contribution is -2.21. The van der Waals surface area contributed by atoms with Crippen molar-refractivity contribution in [2.45, 2.75) is 0 Å². The Bertz CT molecular complexity index is 714. The number of benzene rings is 1. The molecule has 0 aliphatic rings. The molecule has 0 N–H and O–H groups in total. The zero-order chi connectivity index (χ0) is 12.5. The summed E-state index contributed by atoms with van der Waals surface area (Å²) in [4.78, 5) is 22.1. The molecule has 0 radical (unpaired) electrons. The third kappa shape index (κ3) is 1.73. The number of rotatable bonds is 2. The second kappa shape index (κ2) is 3.99. The van der Waals surface area contributed by atoms with Gasteiger partial charge in [0.25, 0.3) is 0 Å². The fourth-order valence-corrected chi connectivity index (χ4v) is 1.66. The Balaban J connectivity index is 1.90. The number of imidazole rings is 1. The predicted molar refractivity (Wildman–Crippen MR) is 63.9 cm³/mol. The molecule has 0 unspecified atom stereocenters. The standard InChI is InChI=1S/C12H10N4O2/c1-15-7-10(13-8-15)12(17)18-16-11-5-3-2-4-9(11)6-14-16/h2-8H,1H3. The zero-order valence-corrected chi connectivity index (χ0v) is 9.65. The SMILES string of the molecule is Cn1cnc(C(=O)On2ncc3ccccc32)c1. The predicted octanol–water partition coefficient (Wildman–Crippen LogP) is 1.04. The zero-order valence-electron chi connectivity index (χ0n) is 9.65. The van der Waals surface area contributed by atoms with Gasteiger partial charge in [0.2, 0.25) is 0 Å². The molecule has 90 valence electrons. The van der Waals surface area contributed by atoms with Crippen LogP contribution in [0.4, 0.5) is 0 Å². The average molecular weight is 242 g/mol. The minimum atomic E-state index is -0.538. The summed E-state index contributed by atoms with van der Waals surface area (Å²) in [7, 11) is 1.78. The third-order valence-electron chi connectivity index (χ3n) is 2.53. The van der Waals surface area contributed by atoms with Gasteiger partial charge in [-0.05, 0) is 6.07 Å². The van der Waals surface area contributed by atoms with Crippen molar-refractivity contribution in [1.29, 1.82) is 0 Å². The van der Waals surface area contributed by atoms with Gasteiger partial charge in [-0.25, -0.2) is 9.78 Å². The molecule has 0 aliphatic carbocycles. The molecule has 6 nitrogen and oxygen atoms in total. The maximum Gasteiger partial charge on any atom is 0.385 e. The lowest BCUT2D eigenvalue weighted by molar-refractivity contribution is 0.0413. The molecule has 2 heterocycles. The molecule has 0 saturated carbocycles. The smallest absolute Gasteiger partial charge is 0.340 e. The molecular weight excluding hydrogens is 232 g/mol. The molecule has 6 heteroatoms. The maximum absolute atomic E-state index is 11.8. The van der Waals surface area contributed by atoms with E-state index >= 15 is 0 Å². The van der Waals surface area contributed by atoms with Crippen LogP contribution in [0.1, 0.15) is 10.5 Å². The van der Waals surface area contributed by atoms with Crippen molar-refractivity contribution in [3.05, 3.63) is 48.7 Å². The van der Waals surface area contributed by atoms with E-state index in [0.717, 1.165) is 10.9 Å². The normalized spacial score (nSPS) is 10.7. The molecule has 3 aromatic rings. The molecule has 0 saturated heterocycles. The largest absolute Gasteiger partial charge is 0.385 e. The molecular formula is C12H10N4O2. The van der Waals surface area contributed by atoms with E-state index in [1.54, 1.807) is 24.0 Å². The summed E-state index contributed by atoms with van der Waals surface area (Å²) in [6.45, 7) is 0. The van der Waals surface area contributed by atoms with E-state index in [0.29, 0.717) is 0 Å². The summed E-state index contributed by atoms with van der Waals surface area (Å²) in [5.41, 5.74) is 0.985. The summed E-state index contributed by atoms with van der Waals surface area (Å²) < 4.78 is 1.68. The fourth-order valence-electron chi connectivity index (χ4n) is 1.66. The van der Waals surface area contributed by atoms with Crippen LogP contribution >= 0.6 is 0 Å². The van der Waals surface area contributed by atoms with E-state index in [9.17, 15) is 4.79 Å². The number of carbonyl (C=O) groups excluding carboxylic acids is 1. The minimum absolute atomic E-state index is 0.247. The number of hydrogen-bond donors (Lipinski definition) is 0. The highest BCUT2D eigenvalue weighted by molar-refractivity contribution is 5.88. The minimum Gasteiger partial charge on any atom is -0.340 e. The topological polar surface area (TPSA) is 61.9 Å². The summed E-state index contributed by atoms with van der Waals surface area (Å²) in [5.74, 6) is -0.538. The van der Waals surface area contributed by atoms with E-state index in [1.807, 2.05) is 24.3 Å². The van der Waals surface area contributed by atoms with Gasteiger partial charge in [-0.15, -0.1) is 5.10 Å². The van der Waals surface area contributed by atoms with Crippen LogP contribution in [0.25, 0.3) is 10.9 Å². The average Bonchev–Trinajstić information content (AvgIpc) is 2.97. The highest BCUT2D eigenvalue weighted by atomic mass is 16.7. The van der Waals surface area contributed by atoms with Crippen LogP contribution in [0.5, 0.6) is 0 Å². The van der Waals surface area contributed by atoms with Crippen molar-refractivity contribution in [2.75, 3.05) is 0 Å². The number of aryl methyl sites for hydroxylation is 1. The molecule has 3 rings (SSSR count). The number of nitrogens with zero attached hydrogens (tertiary/aromatic N) is 4. The highest BCUT2D eigenvalue weighted by Gasteiger charge is 2.13. The van der Waals surface area contributed by atoms with E-state index in [4.69, 9.17) is 4.84 Å². The van der Waals surface area contributed by atoms with Crippen LogP contribution in [0, 0.1) is 0 Å². The van der Waals surface area contributed by atoms with Gasteiger partial charge in [-0.2, -0.15) is 0 Å². The molecule has 0 spiro atoms. The molecule has 0 amide bonds. The van der Waals surface area contributed by atoms with E-state index in [2.05, 4.69) is 10.1 Å². The number of para-hydroxylation sites is 1. The molecule has 1 aromatic carbocycles. The molecule has 0 bridgehead atoms. The first-order chi connectivity index (χ1) is 8.74. The van der Waals surface area contributed by atoms with Crippen LogP contribution in [-0.4, -0.2) is 25.5 Å². The summed E-state index contributed by atoms with van der Waals surface area (Å²) in [6.07, 6.45) is 4.77. The summed E-state index contributed by atoms with van der Waals surface area (Å²) in [5, 5.41) is 4.92. The van der Waals surface area contributed by atoms with Crippen molar-refractivity contribution in [3.8, 4) is 0 Å². The highest BCUT2D eigenvalue weighted by Crippen LogP contribution is 2.11. The van der Waals surface area contributed by atoms with Gasteiger partial charge in [0.15, 0.2) is 5.69 Å². The van der Waals surface area contributed by atoms with Gasteiger partial charge in [0.1, 0.15) is 5.52 Å². The van der Waals surface area contributed by atoms with Crippen molar-refractivity contribution in [2.24, 2.45) is 7.05 Å². The van der Waals surface area contributed by atoms with E-state index in [-0.39, 0.29) is 5.69 Å². The number of carbonyl (C=O) groups is 1. The fraction of sp³-hybridized carbons (Fsp3) is 0.0833. The van der Waals surface area contributed by atoms with Crippen molar-refractivity contribution in [3.63, 3.8) is 0 Å². The molecule has 0 fully saturated rings. The molecule has 0 atom stereocenters. The third-order valence-corrected chi connectivity index (χ3v) is 2.53. The number of hydrogen-bond acceptors (Lipinski definition) is 4. The summed E-state index contributed by atoms with van der Waals surface area (Å²) in [6, 6.07) is 7.48. The van der Waals surface area contributed by atoms with Gasteiger partial charge >= 0.3 is 5.97 Å². The van der Waals surface area contributed by atoms with Crippen molar-refractivity contribution in [1.82, 2.24) is 19.5 Å². The van der Waals surface area contributed by atoms with Gasteiger partial charge in [0, 0.05) is 18.6 Å². The molecule has 18 heavy (non-hydrogen) atoms. The van der Waals surface area contributed by atoms with Gasteiger partial charge < -0.3 is 9.40 Å². The lowest BCUT2D eigenvalue weighted by Gasteiger charge is -2.01. The number of aromatic nitrogens is 4. The first-order valence-corrected chi connectivity index (χ1v) is 5.37. The van der Waals surface area contributed by atoms with E-state index < -0.39 is 5.97 Å². The number of fused-ring (bicyclic) bond motifs is 1. The monoisotopic (exact) mass is 242 g/mol. The van der Waals surface area contributed by atoms with Crippen LogP contribution in [0.15, 0.2) is 43.0 Å². The van der Waals surface area contributed by atoms with Gasteiger partial charge in [-0.3, -0.25) is 0 Å². The molecule has 0 aliphatic heterocycles. The van der Waals surface area contributed by atoms with Gasteiger partial charge in [-0.1, -0.05) is 23.0 Å². The van der Waals surface area contributed by atoms with E-state index in [1.165, 1.54) is 11.2 Å². The Morgan fingerprint density at radius 3 is 2.94 bits per heavy atom. The van der Waals surface area contributed by atoms with Crippen LogP contribution in [0.3, 0.4) is 0 Å². The lowest BCUT2D eigenvalue weighted by atomic mass is 10.3. The summed E-state index contributed by atoms with van der Waals surface area (Å²) >= 11 is 0. The van der Waals surface area contributed by atoms with Crippen molar-refractivity contribution < 1.29 is 9.63 Å². The Labute approximate surface area is 102 Å². The van der Waals surface area contributed by atoms with Crippen LogP contribution in [-0.2, 0) is 7.05 Å². The maximum atomic E-state index is 11.8. The Morgan fingerprint density at radius 2 is 2.17 bits per heavy atom. The second-order valence-electron chi connectivity index (χ2n) is 3.88. The van der Waals surface area contributed by atoms with Crippen LogP contribution in [0.2, 0.25) is 0 Å². The first-order valence-electron chi connectivity index (χ1n) is 5.37. The Kier molecular flexibility index (Phi) is 2.33. The van der Waals surface area contributed by atoms with Crippen molar-refractivity contribution >= 4 is 16.9 Å². The Morgan fingerprint density at radius 1 is 1.33 bits per heavy atom. The quantitative estimate of drug-likeness (QED) is 0.673. The first kappa shape index (κ1) is 10.5. The second-order valence-corrected chi connectivity index (χ2v) is 3.88. The Hall–Kier alpha value is -2.63. The van der Waals surface area contributed by atoms with Gasteiger partial charge in [0.05, 0.1) is 12.5 Å². The van der Waals surface area contributed by atoms with Crippen LogP contribution < -0.4 is 4.84 Å². The molecule has 2 aromatic heterocycles.